The molecule has 58 valence electrons. The second-order valence-electron chi connectivity index (χ2n) is 1.09. The van der Waals surface area contributed by atoms with Gasteiger partial charge in [-0.25, -0.2) is 14.2 Å². The maximum absolute atomic E-state index is 10.2. The van der Waals surface area contributed by atoms with E-state index >= 15 is 0 Å². The van der Waals surface area contributed by atoms with Crippen molar-refractivity contribution in [1.82, 2.24) is 0 Å². The molecule has 0 aromatic heterocycles. The van der Waals surface area contributed by atoms with E-state index in [0.717, 1.165) is 0 Å². The first-order chi connectivity index (χ1) is 4.52. The fourth-order valence-corrected chi connectivity index (χ4v) is 0.555. The van der Waals surface area contributed by atoms with E-state index in [2.05, 4.69) is 20.5 Å². The number of primary amides is 2. The normalized spacial score (nSPS) is 8.90. The number of hydrogen-bond donors (Lipinski definition) is 2. The molecule has 0 aromatic carbocycles. The maximum Gasteiger partial charge on any atom is 0.425 e. The molecule has 2 amide bonds. The van der Waals surface area contributed by atoms with E-state index < -0.39 is 20.4 Å². The second kappa shape index (κ2) is 3.73. The van der Waals surface area contributed by atoms with Gasteiger partial charge in [-0.15, -0.1) is 0 Å². The number of hydrogen-bond acceptors (Lipinski definition) is 5. The molecule has 0 radical (unpaired) electrons. The third kappa shape index (κ3) is 4.92. The van der Waals surface area contributed by atoms with Gasteiger partial charge in [0.15, 0.2) is 0 Å². The first kappa shape index (κ1) is 8.77. The zero-order valence-corrected chi connectivity index (χ0v) is 5.70. The van der Waals surface area contributed by atoms with Crippen LogP contribution in [0.1, 0.15) is 0 Å². The van der Waals surface area contributed by atoms with Crippen molar-refractivity contribution in [2.75, 3.05) is 0 Å². The molecule has 0 saturated carbocycles. The summed E-state index contributed by atoms with van der Waals surface area (Å²) in [6.07, 6.45) is -2.57. The van der Waals surface area contributed by atoms with Crippen molar-refractivity contribution in [3.8, 4) is 0 Å². The van der Waals surface area contributed by atoms with E-state index in [1.54, 1.807) is 0 Å². The van der Waals surface area contributed by atoms with Gasteiger partial charge in [-0.3, -0.25) is 0 Å². The van der Waals surface area contributed by atoms with Gasteiger partial charge < -0.3 is 20.5 Å². The Kier molecular flexibility index (Phi) is 3.27. The summed E-state index contributed by atoms with van der Waals surface area (Å²) < 4.78 is 17.6. The van der Waals surface area contributed by atoms with Gasteiger partial charge in [-0.1, -0.05) is 0 Å². The summed E-state index contributed by atoms with van der Waals surface area (Å²) in [6.45, 7) is 0. The van der Waals surface area contributed by atoms with Crippen molar-refractivity contribution in [3.05, 3.63) is 0 Å². The van der Waals surface area contributed by atoms with Crippen molar-refractivity contribution < 1.29 is 23.2 Å². The van der Waals surface area contributed by atoms with Crippen LogP contribution in [0.2, 0.25) is 0 Å². The smallest absolute Gasteiger partial charge is 0.368 e. The predicted molar refractivity (Wildman–Crippen MR) is 30.3 cm³/mol. The molecule has 0 aliphatic heterocycles. The molecule has 0 aliphatic carbocycles. The van der Waals surface area contributed by atoms with Gasteiger partial charge in [0.1, 0.15) is 0 Å². The highest BCUT2D eigenvalue weighted by Gasteiger charge is 2.06. The lowest BCUT2D eigenvalue weighted by atomic mass is 11.3. The summed E-state index contributed by atoms with van der Waals surface area (Å²) in [7, 11) is -3.19. The topological polar surface area (TPSA) is 122 Å². The van der Waals surface area contributed by atoms with E-state index in [4.69, 9.17) is 0 Å². The van der Waals surface area contributed by atoms with Crippen LogP contribution < -0.4 is 11.5 Å². The Labute approximate surface area is 56.2 Å². The molecule has 0 unspecified atom stereocenters. The molecule has 8 heteroatoms. The van der Waals surface area contributed by atoms with Crippen molar-refractivity contribution >= 4 is 20.4 Å². The second-order valence-corrected chi connectivity index (χ2v) is 2.00. The molecule has 4 N–H and O–H groups in total. The standard InChI is InChI=1S/C2H5N2O5P/c3-1(5)8-10(7)9-2(4)6/h10H,(H2,3,5)(H2,4,6). The lowest BCUT2D eigenvalue weighted by molar-refractivity contribution is 0.192. The maximum atomic E-state index is 10.2. The van der Waals surface area contributed by atoms with Crippen LogP contribution in [-0.2, 0) is 13.6 Å². The minimum absolute atomic E-state index is 1.29. The highest BCUT2D eigenvalue weighted by atomic mass is 31.1. The molecule has 0 saturated heterocycles. The molecule has 7 nitrogen and oxygen atoms in total. The summed E-state index contributed by atoms with van der Waals surface area (Å²) >= 11 is 0. The molecule has 0 rings (SSSR count). The van der Waals surface area contributed by atoms with Crippen molar-refractivity contribution in [2.24, 2.45) is 11.5 Å². The lowest BCUT2D eigenvalue weighted by Crippen LogP contribution is -2.13. The molecular formula is C2H5N2O5P. The molecule has 0 bridgehead atoms. The van der Waals surface area contributed by atoms with Crippen LogP contribution in [0.5, 0.6) is 0 Å². The Bertz CT molecular complexity index is 160. The van der Waals surface area contributed by atoms with Crippen LogP contribution in [0.15, 0.2) is 0 Å². The molecule has 0 aromatic rings. The molecule has 10 heavy (non-hydrogen) atoms. The zero-order chi connectivity index (χ0) is 8.15. The number of amides is 2. The lowest BCUT2D eigenvalue weighted by Gasteiger charge is -1.98. The Hall–Kier alpha value is -1.23. The first-order valence-corrected chi connectivity index (χ1v) is 3.23. The summed E-state index contributed by atoms with van der Waals surface area (Å²) in [5.74, 6) is 0. The minimum Gasteiger partial charge on any atom is -0.368 e. The van der Waals surface area contributed by atoms with Crippen LogP contribution in [0.4, 0.5) is 9.59 Å². The summed E-state index contributed by atoms with van der Waals surface area (Å²) in [5, 5.41) is 0. The number of carbonyl (C=O) groups excluding carboxylic acids is 2. The van der Waals surface area contributed by atoms with Crippen LogP contribution in [0.25, 0.3) is 0 Å². The van der Waals surface area contributed by atoms with Gasteiger partial charge in [0.25, 0.3) is 0 Å². The van der Waals surface area contributed by atoms with E-state index in [1.165, 1.54) is 0 Å². The molecule has 0 spiro atoms. The third-order valence-electron chi connectivity index (χ3n) is 0.368. The Morgan fingerprint density at radius 3 is 1.60 bits per heavy atom. The minimum atomic E-state index is -3.19. The summed E-state index contributed by atoms with van der Waals surface area (Å²) in [6, 6.07) is 0. The van der Waals surface area contributed by atoms with Gasteiger partial charge >= 0.3 is 20.4 Å². The van der Waals surface area contributed by atoms with Crippen molar-refractivity contribution in [3.63, 3.8) is 0 Å². The van der Waals surface area contributed by atoms with Crippen LogP contribution in [0.3, 0.4) is 0 Å². The molecule has 0 atom stereocenters. The third-order valence-corrected chi connectivity index (χ3v) is 1.10. The largest absolute Gasteiger partial charge is 0.425 e. The molecule has 0 fully saturated rings. The number of rotatable bonds is 2. The zero-order valence-electron chi connectivity index (χ0n) is 4.70. The number of nitrogens with two attached hydrogens (primary N) is 2. The van der Waals surface area contributed by atoms with Gasteiger partial charge in [0.2, 0.25) is 0 Å². The molecule has 0 aliphatic rings. The predicted octanol–water partition coefficient (Wildman–Crippen LogP) is -0.433. The number of carbonyl (C=O) groups is 2. The SMILES string of the molecule is NC(=O)O[PH](=O)OC(N)=O. The average Bonchev–Trinajstić information content (AvgIpc) is 1.58. The van der Waals surface area contributed by atoms with Crippen molar-refractivity contribution in [2.45, 2.75) is 0 Å². The fourth-order valence-electron chi connectivity index (χ4n) is 0.185. The monoisotopic (exact) mass is 168 g/mol. The van der Waals surface area contributed by atoms with Crippen molar-refractivity contribution in [1.29, 1.82) is 0 Å². The van der Waals surface area contributed by atoms with E-state index in [-0.39, 0.29) is 0 Å². The van der Waals surface area contributed by atoms with Crippen LogP contribution >= 0.6 is 8.25 Å². The fraction of sp³-hybridized carbons (Fsp3) is 0. The Morgan fingerprint density at radius 1 is 1.10 bits per heavy atom. The van der Waals surface area contributed by atoms with E-state index in [1.807, 2.05) is 0 Å². The quantitative estimate of drug-likeness (QED) is 0.541. The summed E-state index contributed by atoms with van der Waals surface area (Å²) in [4.78, 5) is 19.6. The van der Waals surface area contributed by atoms with Gasteiger partial charge in [-0.05, 0) is 0 Å². The van der Waals surface area contributed by atoms with Crippen LogP contribution in [0, 0.1) is 0 Å². The molecule has 0 heterocycles. The highest BCUT2D eigenvalue weighted by molar-refractivity contribution is 7.34. The summed E-state index contributed by atoms with van der Waals surface area (Å²) in [5.41, 5.74) is 8.80. The molecular weight excluding hydrogens is 163 g/mol. The highest BCUT2D eigenvalue weighted by Crippen LogP contribution is 2.22. The van der Waals surface area contributed by atoms with Gasteiger partial charge in [0.05, 0.1) is 0 Å². The van der Waals surface area contributed by atoms with Gasteiger partial charge in [-0.2, -0.15) is 0 Å². The average molecular weight is 168 g/mol. The van der Waals surface area contributed by atoms with Gasteiger partial charge in [0, 0.05) is 0 Å². The van der Waals surface area contributed by atoms with E-state index in [9.17, 15) is 14.2 Å². The first-order valence-electron chi connectivity index (χ1n) is 2.01. The Morgan fingerprint density at radius 2 is 1.40 bits per heavy atom. The van der Waals surface area contributed by atoms with Crippen LogP contribution in [-0.4, -0.2) is 12.2 Å². The van der Waals surface area contributed by atoms with E-state index in [0.29, 0.717) is 0 Å². The Balaban J connectivity index is 3.65.